The van der Waals surface area contributed by atoms with Gasteiger partial charge in [-0.1, -0.05) is 0 Å². The number of aromatic nitrogens is 2. The Morgan fingerprint density at radius 2 is 2.16 bits per heavy atom. The molecule has 19 heavy (non-hydrogen) atoms. The van der Waals surface area contributed by atoms with Gasteiger partial charge in [-0.15, -0.1) is 11.3 Å². The second kappa shape index (κ2) is 5.74. The molecule has 2 rings (SSSR count). The van der Waals surface area contributed by atoms with Crippen LogP contribution in [0.5, 0.6) is 0 Å². The number of aryl methyl sites for hydroxylation is 1. The number of thiophene rings is 1. The van der Waals surface area contributed by atoms with E-state index in [-0.39, 0.29) is 18.0 Å². The van der Waals surface area contributed by atoms with Gasteiger partial charge in [0.1, 0.15) is 0 Å². The highest BCUT2D eigenvalue weighted by Crippen LogP contribution is 2.21. The van der Waals surface area contributed by atoms with Crippen LogP contribution in [0.2, 0.25) is 0 Å². The van der Waals surface area contributed by atoms with E-state index < -0.39 is 10.0 Å². The Labute approximate surface area is 115 Å². The van der Waals surface area contributed by atoms with Gasteiger partial charge >= 0.3 is 0 Å². The van der Waals surface area contributed by atoms with Crippen molar-refractivity contribution in [2.45, 2.75) is 25.0 Å². The van der Waals surface area contributed by atoms with Crippen molar-refractivity contribution in [3.63, 3.8) is 0 Å². The summed E-state index contributed by atoms with van der Waals surface area (Å²) < 4.78 is 26.5. The zero-order valence-corrected chi connectivity index (χ0v) is 11.8. The molecule has 0 spiro atoms. The lowest BCUT2D eigenvalue weighted by Gasteiger charge is -2.06. The Bertz CT molecular complexity index is 650. The summed E-state index contributed by atoms with van der Waals surface area (Å²) in [6.45, 7) is 1.58. The van der Waals surface area contributed by atoms with Gasteiger partial charge in [-0.2, -0.15) is 0 Å². The van der Waals surface area contributed by atoms with E-state index in [1.807, 2.05) is 0 Å². The topological polar surface area (TPSA) is 92.2 Å². The monoisotopic (exact) mass is 299 g/mol. The van der Waals surface area contributed by atoms with Gasteiger partial charge in [-0.25, -0.2) is 13.1 Å². The van der Waals surface area contributed by atoms with Crippen molar-refractivity contribution in [1.29, 1.82) is 0 Å². The molecule has 0 saturated carbocycles. The minimum absolute atomic E-state index is 0.0658. The van der Waals surface area contributed by atoms with E-state index in [0.29, 0.717) is 10.6 Å². The van der Waals surface area contributed by atoms with E-state index in [2.05, 4.69) is 14.7 Å². The first-order valence-electron chi connectivity index (χ1n) is 5.47. The third kappa shape index (κ3) is 3.35. The van der Waals surface area contributed by atoms with Crippen LogP contribution in [0.4, 0.5) is 0 Å². The Hall–Kier alpha value is -1.35. The zero-order valence-electron chi connectivity index (χ0n) is 10.2. The quantitative estimate of drug-likeness (QED) is 0.852. The van der Waals surface area contributed by atoms with Crippen LogP contribution < -0.4 is 4.72 Å². The summed E-state index contributed by atoms with van der Waals surface area (Å²) >= 11 is 1.20. The molecule has 2 aromatic rings. The molecule has 0 fully saturated rings. The van der Waals surface area contributed by atoms with E-state index in [0.717, 1.165) is 5.69 Å². The smallest absolute Gasteiger partial charge is 0.242 e. The standard InChI is InChI=1S/C11H13N3O3S2/c1-8-4-13-9(5-12-8)6-14-19(16,17)11-2-3-18-10(11)7-15/h2-5,14-15H,6-7H2,1H3. The first kappa shape index (κ1) is 14.1. The van der Waals surface area contributed by atoms with E-state index in [1.165, 1.54) is 23.6 Å². The fourth-order valence-electron chi connectivity index (χ4n) is 1.44. The highest BCUT2D eigenvalue weighted by Gasteiger charge is 2.19. The zero-order chi connectivity index (χ0) is 13.9. The average Bonchev–Trinajstić information content (AvgIpc) is 2.87. The molecule has 8 heteroatoms. The number of nitrogens with zero attached hydrogens (tertiary/aromatic N) is 2. The molecule has 0 atom stereocenters. The number of sulfonamides is 1. The van der Waals surface area contributed by atoms with E-state index in [9.17, 15) is 8.42 Å². The molecule has 0 unspecified atom stereocenters. The molecule has 2 heterocycles. The second-order valence-electron chi connectivity index (χ2n) is 3.84. The predicted molar refractivity (Wildman–Crippen MR) is 71.0 cm³/mol. The van der Waals surface area contributed by atoms with Crippen molar-refractivity contribution < 1.29 is 13.5 Å². The fourth-order valence-corrected chi connectivity index (χ4v) is 3.73. The van der Waals surface area contributed by atoms with E-state index >= 15 is 0 Å². The first-order chi connectivity index (χ1) is 9.03. The van der Waals surface area contributed by atoms with Gasteiger partial charge in [-0.05, 0) is 18.4 Å². The lowest BCUT2D eigenvalue weighted by Crippen LogP contribution is -2.24. The van der Waals surface area contributed by atoms with Crippen molar-refractivity contribution in [3.8, 4) is 0 Å². The lowest BCUT2D eigenvalue weighted by atomic mass is 10.4. The molecule has 0 saturated heterocycles. The highest BCUT2D eigenvalue weighted by atomic mass is 32.2. The van der Waals surface area contributed by atoms with Gasteiger partial charge in [0.05, 0.1) is 35.6 Å². The Morgan fingerprint density at radius 3 is 2.79 bits per heavy atom. The summed E-state index contributed by atoms with van der Waals surface area (Å²) in [7, 11) is -3.64. The molecular weight excluding hydrogens is 286 g/mol. The lowest BCUT2D eigenvalue weighted by molar-refractivity contribution is 0.282. The molecule has 0 bridgehead atoms. The SMILES string of the molecule is Cc1cnc(CNS(=O)(=O)c2ccsc2CO)cn1. The maximum absolute atomic E-state index is 12.0. The maximum Gasteiger partial charge on any atom is 0.242 e. The van der Waals surface area contributed by atoms with Gasteiger partial charge in [0.25, 0.3) is 0 Å². The van der Waals surface area contributed by atoms with Crippen LogP contribution in [-0.2, 0) is 23.2 Å². The van der Waals surface area contributed by atoms with E-state index in [4.69, 9.17) is 5.11 Å². The largest absolute Gasteiger partial charge is 0.391 e. The summed E-state index contributed by atoms with van der Waals surface area (Å²) in [4.78, 5) is 8.64. The summed E-state index contributed by atoms with van der Waals surface area (Å²) in [5.74, 6) is 0. The summed E-state index contributed by atoms with van der Waals surface area (Å²) in [5.41, 5.74) is 1.31. The number of nitrogens with one attached hydrogen (secondary N) is 1. The van der Waals surface area contributed by atoms with Crippen LogP contribution in [0.15, 0.2) is 28.7 Å². The summed E-state index contributed by atoms with van der Waals surface area (Å²) in [6, 6.07) is 1.47. The Balaban J connectivity index is 2.12. The van der Waals surface area contributed by atoms with Crippen molar-refractivity contribution in [2.24, 2.45) is 0 Å². The third-order valence-corrected chi connectivity index (χ3v) is 4.94. The number of hydrogen-bond acceptors (Lipinski definition) is 6. The van der Waals surface area contributed by atoms with E-state index in [1.54, 1.807) is 18.5 Å². The van der Waals surface area contributed by atoms with Crippen LogP contribution in [-0.4, -0.2) is 23.5 Å². The average molecular weight is 299 g/mol. The van der Waals surface area contributed by atoms with Crippen molar-refractivity contribution in [2.75, 3.05) is 0 Å². The molecule has 0 aromatic carbocycles. The van der Waals surface area contributed by atoms with Crippen LogP contribution >= 0.6 is 11.3 Å². The number of aliphatic hydroxyl groups excluding tert-OH is 1. The van der Waals surface area contributed by atoms with Gasteiger partial charge < -0.3 is 5.11 Å². The third-order valence-electron chi connectivity index (χ3n) is 2.42. The van der Waals surface area contributed by atoms with Crippen molar-refractivity contribution >= 4 is 21.4 Å². The van der Waals surface area contributed by atoms with Crippen LogP contribution in [0, 0.1) is 6.92 Å². The molecule has 2 N–H and O–H groups in total. The van der Waals surface area contributed by atoms with Crippen LogP contribution in [0.25, 0.3) is 0 Å². The summed E-state index contributed by atoms with van der Waals surface area (Å²) in [5, 5.41) is 10.7. The predicted octanol–water partition coefficient (Wildman–Crippen LogP) is 0.817. The molecule has 0 radical (unpaired) electrons. The molecule has 0 aliphatic rings. The minimum atomic E-state index is -3.64. The second-order valence-corrected chi connectivity index (χ2v) is 6.58. The number of hydrogen-bond donors (Lipinski definition) is 2. The minimum Gasteiger partial charge on any atom is -0.391 e. The normalized spacial score (nSPS) is 11.7. The maximum atomic E-state index is 12.0. The van der Waals surface area contributed by atoms with Gasteiger partial charge in [-0.3, -0.25) is 9.97 Å². The number of aliphatic hydroxyl groups is 1. The van der Waals surface area contributed by atoms with Crippen molar-refractivity contribution in [3.05, 3.63) is 40.1 Å². The Morgan fingerprint density at radius 1 is 1.37 bits per heavy atom. The molecule has 0 amide bonds. The first-order valence-corrected chi connectivity index (χ1v) is 7.83. The summed E-state index contributed by atoms with van der Waals surface area (Å²) in [6.07, 6.45) is 3.10. The molecular formula is C11H13N3O3S2. The molecule has 102 valence electrons. The molecule has 2 aromatic heterocycles. The molecule has 6 nitrogen and oxygen atoms in total. The van der Waals surface area contributed by atoms with Gasteiger partial charge in [0.2, 0.25) is 10.0 Å². The molecule has 0 aliphatic heterocycles. The van der Waals surface area contributed by atoms with Gasteiger partial charge in [0, 0.05) is 11.1 Å². The number of rotatable bonds is 5. The van der Waals surface area contributed by atoms with Gasteiger partial charge in [0.15, 0.2) is 0 Å². The fraction of sp³-hybridized carbons (Fsp3) is 0.273. The Kier molecular flexibility index (Phi) is 4.25. The molecule has 0 aliphatic carbocycles. The van der Waals surface area contributed by atoms with Crippen LogP contribution in [0.1, 0.15) is 16.3 Å². The van der Waals surface area contributed by atoms with Crippen molar-refractivity contribution in [1.82, 2.24) is 14.7 Å². The van der Waals surface area contributed by atoms with Crippen LogP contribution in [0.3, 0.4) is 0 Å². The highest BCUT2D eigenvalue weighted by molar-refractivity contribution is 7.89.